The number of hydrogen-bond acceptors (Lipinski definition) is 4. The molecule has 0 saturated carbocycles. The summed E-state index contributed by atoms with van der Waals surface area (Å²) in [4.78, 5) is 2.40. The Hall–Kier alpha value is -1.26. The highest BCUT2D eigenvalue weighted by atomic mass is 16.5. The topological polar surface area (TPSA) is 19.0 Å². The van der Waals surface area contributed by atoms with E-state index in [4.69, 9.17) is 4.74 Å². The van der Waals surface area contributed by atoms with Crippen LogP contribution in [-0.4, -0.2) is 50.0 Å². The smallest absolute Gasteiger partial charge is 0.120 e. The molecule has 0 amide bonds. The highest BCUT2D eigenvalue weighted by molar-refractivity contribution is 5.51. The lowest BCUT2D eigenvalue weighted by Crippen LogP contribution is -2.59. The van der Waals surface area contributed by atoms with Gasteiger partial charge in [-0.05, 0) is 12.1 Å². The Bertz CT molecular complexity index is 396. The van der Waals surface area contributed by atoms with Gasteiger partial charge in [-0.25, -0.2) is 10.0 Å². The molecule has 86 valence electrons. The summed E-state index contributed by atoms with van der Waals surface area (Å²) in [5.41, 5.74) is 1.25. The molecular weight excluding hydrogens is 202 g/mol. The molecule has 0 bridgehead atoms. The molecule has 0 N–H and O–H groups in total. The molecule has 2 saturated heterocycles. The van der Waals surface area contributed by atoms with Gasteiger partial charge in [0.25, 0.3) is 0 Å². The van der Waals surface area contributed by atoms with E-state index >= 15 is 0 Å². The second-order valence-electron chi connectivity index (χ2n) is 4.50. The number of ether oxygens (including phenoxy) is 1. The maximum Gasteiger partial charge on any atom is 0.120 e. The second-order valence-corrected chi connectivity index (χ2v) is 4.50. The van der Waals surface area contributed by atoms with E-state index in [1.54, 1.807) is 7.11 Å². The van der Waals surface area contributed by atoms with Crippen LogP contribution in [0.15, 0.2) is 24.3 Å². The first-order chi connectivity index (χ1) is 7.78. The molecule has 4 heteroatoms. The molecule has 3 rings (SSSR count). The third kappa shape index (κ3) is 1.45. The number of fused-ring (bicyclic) bond motifs is 1. The highest BCUT2D eigenvalue weighted by Crippen LogP contribution is 2.29. The number of anilines is 1. The minimum Gasteiger partial charge on any atom is -0.497 e. The average Bonchev–Trinajstić information content (AvgIpc) is 2.67. The Morgan fingerprint density at radius 2 is 2.19 bits per heavy atom. The predicted octanol–water partition coefficient (Wildman–Crippen LogP) is 1.00. The average molecular weight is 219 g/mol. The van der Waals surface area contributed by atoms with Crippen molar-refractivity contribution in [3.8, 4) is 5.75 Å². The first kappa shape index (κ1) is 9.93. The molecule has 2 fully saturated rings. The number of benzene rings is 1. The predicted molar refractivity (Wildman–Crippen MR) is 63.5 cm³/mol. The van der Waals surface area contributed by atoms with Crippen molar-refractivity contribution >= 4 is 5.69 Å². The zero-order valence-corrected chi connectivity index (χ0v) is 9.76. The Labute approximate surface area is 96.0 Å². The number of likely N-dealkylation sites (N-methyl/N-ethyl adjacent to an activating group) is 1. The van der Waals surface area contributed by atoms with Crippen LogP contribution in [0.2, 0.25) is 0 Å². The Kier molecular flexibility index (Phi) is 2.26. The molecular formula is C12H17N3O. The third-order valence-electron chi connectivity index (χ3n) is 3.50. The van der Waals surface area contributed by atoms with Crippen molar-refractivity contribution < 1.29 is 4.74 Å². The van der Waals surface area contributed by atoms with E-state index in [-0.39, 0.29) is 0 Å². The minimum absolute atomic E-state index is 0.705. The molecule has 1 unspecified atom stereocenters. The van der Waals surface area contributed by atoms with Gasteiger partial charge < -0.3 is 9.64 Å². The number of methoxy groups -OCH3 is 1. The zero-order valence-electron chi connectivity index (χ0n) is 9.76. The molecule has 2 heterocycles. The van der Waals surface area contributed by atoms with E-state index in [0.29, 0.717) is 6.04 Å². The maximum absolute atomic E-state index is 5.25. The largest absolute Gasteiger partial charge is 0.497 e. The highest BCUT2D eigenvalue weighted by Gasteiger charge is 2.41. The summed E-state index contributed by atoms with van der Waals surface area (Å²) in [6.45, 7) is 3.30. The van der Waals surface area contributed by atoms with Gasteiger partial charge in [-0.3, -0.25) is 0 Å². The fraction of sp³-hybridized carbons (Fsp3) is 0.500. The van der Waals surface area contributed by atoms with Gasteiger partial charge in [0.15, 0.2) is 0 Å². The normalized spacial score (nSPS) is 25.4. The van der Waals surface area contributed by atoms with Crippen LogP contribution in [0, 0.1) is 0 Å². The summed E-state index contributed by atoms with van der Waals surface area (Å²) >= 11 is 0. The van der Waals surface area contributed by atoms with E-state index in [2.05, 4.69) is 34.1 Å². The summed E-state index contributed by atoms with van der Waals surface area (Å²) in [6, 6.07) is 8.99. The molecule has 2 aliphatic rings. The lowest BCUT2D eigenvalue weighted by Gasteiger charge is -2.43. The van der Waals surface area contributed by atoms with Crippen LogP contribution in [0.25, 0.3) is 0 Å². The van der Waals surface area contributed by atoms with Crippen LogP contribution < -0.4 is 9.64 Å². The first-order valence-electron chi connectivity index (χ1n) is 5.64. The quantitative estimate of drug-likeness (QED) is 0.738. The molecule has 1 aromatic rings. The zero-order chi connectivity index (χ0) is 11.1. The lowest BCUT2D eigenvalue weighted by atomic mass is 10.2. The van der Waals surface area contributed by atoms with Crippen molar-refractivity contribution in [2.75, 3.05) is 38.8 Å². The molecule has 1 aromatic carbocycles. The van der Waals surface area contributed by atoms with Crippen molar-refractivity contribution in [3.05, 3.63) is 24.3 Å². The molecule has 4 nitrogen and oxygen atoms in total. The van der Waals surface area contributed by atoms with Gasteiger partial charge in [-0.1, -0.05) is 6.07 Å². The Morgan fingerprint density at radius 1 is 1.31 bits per heavy atom. The number of rotatable bonds is 2. The molecule has 2 aliphatic heterocycles. The van der Waals surface area contributed by atoms with E-state index in [9.17, 15) is 0 Å². The summed E-state index contributed by atoms with van der Waals surface area (Å²) in [6.07, 6.45) is 0. The Balaban J connectivity index is 1.78. The maximum atomic E-state index is 5.25. The van der Waals surface area contributed by atoms with Gasteiger partial charge in [-0.15, -0.1) is 0 Å². The van der Waals surface area contributed by atoms with Crippen LogP contribution >= 0.6 is 0 Å². The van der Waals surface area contributed by atoms with Crippen molar-refractivity contribution in [2.24, 2.45) is 0 Å². The molecule has 0 radical (unpaired) electrons. The van der Waals surface area contributed by atoms with Gasteiger partial charge in [0.05, 0.1) is 19.8 Å². The minimum atomic E-state index is 0.705. The van der Waals surface area contributed by atoms with Crippen LogP contribution in [0.4, 0.5) is 5.69 Å². The third-order valence-corrected chi connectivity index (χ3v) is 3.50. The van der Waals surface area contributed by atoms with E-state index in [1.165, 1.54) is 12.2 Å². The van der Waals surface area contributed by atoms with Crippen molar-refractivity contribution in [2.45, 2.75) is 6.04 Å². The summed E-state index contributed by atoms with van der Waals surface area (Å²) in [5, 5.41) is 4.68. The fourth-order valence-corrected chi connectivity index (χ4v) is 2.54. The van der Waals surface area contributed by atoms with Crippen molar-refractivity contribution in [1.82, 2.24) is 10.0 Å². The van der Waals surface area contributed by atoms with Gasteiger partial charge in [0, 0.05) is 31.9 Å². The SMILES string of the molecule is COc1cccc(N2CC3CN(C)N3C2)c1. The fourth-order valence-electron chi connectivity index (χ4n) is 2.54. The van der Waals surface area contributed by atoms with E-state index in [0.717, 1.165) is 19.0 Å². The number of hydrogen-bond donors (Lipinski definition) is 0. The molecule has 0 aliphatic carbocycles. The molecule has 0 spiro atoms. The standard InChI is InChI=1S/C12H17N3O/c1-13-7-11-8-14(9-15(11)13)10-4-3-5-12(6-10)16-2/h3-6,11H,7-9H2,1-2H3. The van der Waals surface area contributed by atoms with Crippen molar-refractivity contribution in [3.63, 3.8) is 0 Å². The summed E-state index contributed by atoms with van der Waals surface area (Å²) in [5.74, 6) is 0.931. The van der Waals surface area contributed by atoms with E-state index < -0.39 is 0 Å². The number of hydrazine groups is 1. The molecule has 0 aromatic heterocycles. The van der Waals surface area contributed by atoms with Gasteiger partial charge in [-0.2, -0.15) is 0 Å². The Morgan fingerprint density at radius 3 is 2.88 bits per heavy atom. The lowest BCUT2D eigenvalue weighted by molar-refractivity contribution is -0.112. The first-order valence-corrected chi connectivity index (χ1v) is 5.64. The van der Waals surface area contributed by atoms with Gasteiger partial charge in [0.1, 0.15) is 5.75 Å². The van der Waals surface area contributed by atoms with Gasteiger partial charge in [0.2, 0.25) is 0 Å². The van der Waals surface area contributed by atoms with Crippen LogP contribution in [0.5, 0.6) is 5.75 Å². The van der Waals surface area contributed by atoms with Crippen LogP contribution in [-0.2, 0) is 0 Å². The van der Waals surface area contributed by atoms with Crippen molar-refractivity contribution in [1.29, 1.82) is 0 Å². The summed E-state index contributed by atoms with van der Waals surface area (Å²) in [7, 11) is 3.86. The summed E-state index contributed by atoms with van der Waals surface area (Å²) < 4.78 is 5.25. The monoisotopic (exact) mass is 219 g/mol. The molecule has 16 heavy (non-hydrogen) atoms. The van der Waals surface area contributed by atoms with Crippen LogP contribution in [0.1, 0.15) is 0 Å². The van der Waals surface area contributed by atoms with Crippen LogP contribution in [0.3, 0.4) is 0 Å². The number of nitrogens with zero attached hydrogens (tertiary/aromatic N) is 3. The van der Waals surface area contributed by atoms with E-state index in [1.807, 2.05) is 12.1 Å². The molecule has 1 atom stereocenters. The second kappa shape index (κ2) is 3.64. The van der Waals surface area contributed by atoms with Gasteiger partial charge >= 0.3 is 0 Å².